The summed E-state index contributed by atoms with van der Waals surface area (Å²) in [5.74, 6) is -0.912. The molecule has 162 valence electrons. The van der Waals surface area contributed by atoms with Crippen molar-refractivity contribution >= 4 is 11.9 Å². The van der Waals surface area contributed by atoms with Crippen LogP contribution < -0.4 is 0 Å². The van der Waals surface area contributed by atoms with Gasteiger partial charge in [-0.15, -0.1) is 0 Å². The number of fused-ring (bicyclic) bond motifs is 1. The molecule has 0 N–H and O–H groups in total. The maximum absolute atomic E-state index is 12.4. The quantitative estimate of drug-likeness (QED) is 0.634. The number of ether oxygens (including phenoxy) is 5. The first-order valence-corrected chi connectivity index (χ1v) is 9.91. The van der Waals surface area contributed by atoms with E-state index in [1.807, 2.05) is 41.5 Å². The lowest BCUT2D eigenvalue weighted by atomic mass is 9.64. The second-order valence-corrected chi connectivity index (χ2v) is 9.94. The normalized spacial score (nSPS) is 32.9. The largest absolute Gasteiger partial charge is 0.465 e. The molecule has 1 heterocycles. The Labute approximate surface area is 168 Å². The molecule has 1 aliphatic heterocycles. The molecule has 0 bridgehead atoms. The molecule has 5 atom stereocenters. The number of esters is 2. The fraction of sp³-hybridized carbons (Fsp3) is 0.905. The fourth-order valence-electron chi connectivity index (χ4n) is 3.86. The van der Waals surface area contributed by atoms with Gasteiger partial charge in [-0.05, 0) is 41.5 Å². The maximum Gasteiger partial charge on any atom is 0.311 e. The first kappa shape index (κ1) is 23.1. The highest BCUT2D eigenvalue weighted by molar-refractivity contribution is 5.75. The van der Waals surface area contributed by atoms with Crippen molar-refractivity contribution in [1.82, 2.24) is 0 Å². The first-order chi connectivity index (χ1) is 12.9. The van der Waals surface area contributed by atoms with Gasteiger partial charge in [-0.25, -0.2) is 0 Å². The number of methoxy groups -OCH3 is 2. The highest BCUT2D eigenvalue weighted by Gasteiger charge is 2.62. The van der Waals surface area contributed by atoms with E-state index in [0.717, 1.165) is 0 Å². The van der Waals surface area contributed by atoms with Crippen molar-refractivity contribution in [2.75, 3.05) is 34.0 Å². The fourth-order valence-corrected chi connectivity index (χ4v) is 3.86. The third-order valence-corrected chi connectivity index (χ3v) is 5.83. The van der Waals surface area contributed by atoms with Crippen LogP contribution in [-0.4, -0.2) is 63.8 Å². The summed E-state index contributed by atoms with van der Waals surface area (Å²) in [5, 5.41) is 0. The van der Waals surface area contributed by atoms with Gasteiger partial charge < -0.3 is 23.7 Å². The van der Waals surface area contributed by atoms with E-state index in [1.165, 1.54) is 0 Å². The molecule has 0 unspecified atom stereocenters. The molecule has 1 saturated heterocycles. The van der Waals surface area contributed by atoms with Crippen LogP contribution in [0, 0.1) is 22.7 Å². The van der Waals surface area contributed by atoms with Crippen molar-refractivity contribution in [3.63, 3.8) is 0 Å². The Bertz CT molecular complexity index is 570. The monoisotopic (exact) mass is 400 g/mol. The number of hydrogen-bond donors (Lipinski definition) is 0. The third kappa shape index (κ3) is 4.52. The molecule has 1 aliphatic carbocycles. The molecule has 7 heteroatoms. The van der Waals surface area contributed by atoms with Gasteiger partial charge in [0.15, 0.2) is 0 Å². The van der Waals surface area contributed by atoms with Crippen molar-refractivity contribution in [2.24, 2.45) is 22.7 Å². The molecule has 1 saturated carbocycles. The minimum atomic E-state index is -0.598. The van der Waals surface area contributed by atoms with Gasteiger partial charge in [0.2, 0.25) is 0 Å². The Morgan fingerprint density at radius 1 is 0.964 bits per heavy atom. The van der Waals surface area contributed by atoms with Gasteiger partial charge in [0.25, 0.3) is 0 Å². The minimum Gasteiger partial charge on any atom is -0.465 e. The van der Waals surface area contributed by atoms with Crippen LogP contribution >= 0.6 is 0 Å². The Kier molecular flexibility index (Phi) is 6.83. The summed E-state index contributed by atoms with van der Waals surface area (Å²) in [6.45, 7) is 11.7. The Morgan fingerprint density at radius 2 is 1.50 bits per heavy atom. The van der Waals surface area contributed by atoms with Crippen molar-refractivity contribution in [1.29, 1.82) is 0 Å². The topological polar surface area (TPSA) is 80.3 Å². The summed E-state index contributed by atoms with van der Waals surface area (Å²) >= 11 is 0. The summed E-state index contributed by atoms with van der Waals surface area (Å²) in [4.78, 5) is 24.7. The molecular formula is C21H36O7. The Hall–Kier alpha value is -1.18. The van der Waals surface area contributed by atoms with Gasteiger partial charge in [-0.3, -0.25) is 9.59 Å². The van der Waals surface area contributed by atoms with E-state index in [-0.39, 0.29) is 49.2 Å². The van der Waals surface area contributed by atoms with Crippen molar-refractivity contribution < 1.29 is 33.3 Å². The van der Waals surface area contributed by atoms with Crippen LogP contribution in [0.25, 0.3) is 0 Å². The van der Waals surface area contributed by atoms with E-state index in [1.54, 1.807) is 14.2 Å². The van der Waals surface area contributed by atoms with Gasteiger partial charge in [0.1, 0.15) is 5.60 Å². The van der Waals surface area contributed by atoms with Gasteiger partial charge in [0, 0.05) is 32.5 Å². The maximum atomic E-state index is 12.4. The van der Waals surface area contributed by atoms with Crippen LogP contribution in [0.5, 0.6) is 0 Å². The lowest BCUT2D eigenvalue weighted by molar-refractivity contribution is -0.320. The Morgan fingerprint density at radius 3 is 1.89 bits per heavy atom. The SMILES string of the molecule is CO[C@H]1C[C@H]2OC[C@@]2(OC)[C@@H](COC(=O)C(C)(C)C)[C@H]1COC(=O)C(C)(C)C. The van der Waals surface area contributed by atoms with Crippen LogP contribution in [0.4, 0.5) is 0 Å². The van der Waals surface area contributed by atoms with E-state index in [4.69, 9.17) is 23.7 Å². The van der Waals surface area contributed by atoms with Crippen LogP contribution in [0.3, 0.4) is 0 Å². The van der Waals surface area contributed by atoms with Gasteiger partial charge in [0.05, 0.1) is 42.9 Å². The number of carbonyl (C=O) groups excluding carboxylic acids is 2. The Balaban J connectivity index is 2.22. The molecule has 2 fully saturated rings. The summed E-state index contributed by atoms with van der Waals surface area (Å²) in [7, 11) is 3.29. The third-order valence-electron chi connectivity index (χ3n) is 5.83. The predicted octanol–water partition coefficient (Wildman–Crippen LogP) is 2.60. The van der Waals surface area contributed by atoms with Gasteiger partial charge in [-0.2, -0.15) is 0 Å². The van der Waals surface area contributed by atoms with Gasteiger partial charge in [-0.1, -0.05) is 0 Å². The summed E-state index contributed by atoms with van der Waals surface area (Å²) in [5.41, 5.74) is -1.75. The zero-order chi connectivity index (χ0) is 21.3. The molecule has 28 heavy (non-hydrogen) atoms. The molecule has 0 aromatic heterocycles. The van der Waals surface area contributed by atoms with Crippen molar-refractivity contribution in [2.45, 2.75) is 65.8 Å². The molecule has 2 rings (SSSR count). The van der Waals surface area contributed by atoms with Crippen LogP contribution in [0.1, 0.15) is 48.0 Å². The van der Waals surface area contributed by atoms with Crippen molar-refractivity contribution in [3.05, 3.63) is 0 Å². The van der Waals surface area contributed by atoms with Crippen LogP contribution in [-0.2, 0) is 33.3 Å². The second kappa shape index (κ2) is 8.28. The minimum absolute atomic E-state index is 0.129. The lowest BCUT2D eigenvalue weighted by Crippen LogP contribution is -2.71. The van der Waals surface area contributed by atoms with E-state index >= 15 is 0 Å². The summed E-state index contributed by atoms with van der Waals surface area (Å²) < 4.78 is 28.6. The summed E-state index contributed by atoms with van der Waals surface area (Å²) in [6, 6.07) is 0. The predicted molar refractivity (Wildman–Crippen MR) is 103 cm³/mol. The van der Waals surface area contributed by atoms with Crippen molar-refractivity contribution in [3.8, 4) is 0 Å². The highest BCUT2D eigenvalue weighted by atomic mass is 16.6. The molecule has 0 amide bonds. The average Bonchev–Trinajstić information content (AvgIpc) is 2.57. The van der Waals surface area contributed by atoms with E-state index in [0.29, 0.717) is 13.0 Å². The molecule has 7 nitrogen and oxygen atoms in total. The van der Waals surface area contributed by atoms with E-state index in [2.05, 4.69) is 0 Å². The highest BCUT2D eigenvalue weighted by Crippen LogP contribution is 2.49. The van der Waals surface area contributed by atoms with Crippen LogP contribution in [0.15, 0.2) is 0 Å². The first-order valence-electron chi connectivity index (χ1n) is 9.91. The molecule has 2 aliphatic rings. The number of hydrogen-bond acceptors (Lipinski definition) is 7. The van der Waals surface area contributed by atoms with Gasteiger partial charge >= 0.3 is 11.9 Å². The smallest absolute Gasteiger partial charge is 0.311 e. The zero-order valence-corrected chi connectivity index (χ0v) is 18.5. The number of rotatable bonds is 6. The van der Waals surface area contributed by atoms with E-state index < -0.39 is 16.4 Å². The van der Waals surface area contributed by atoms with E-state index in [9.17, 15) is 9.59 Å². The standard InChI is InChI=1S/C21H36O7/c1-19(2,3)17(22)26-10-13-14(11-27-18(23)20(4,5)6)21(25-8)12-28-16(21)9-15(13)24-7/h13-16H,9-12H2,1-8H3/t13-,14+,15+,16-,21-/m1/s1. The molecule has 0 spiro atoms. The molecule has 0 aromatic rings. The zero-order valence-electron chi connectivity index (χ0n) is 18.5. The lowest BCUT2D eigenvalue weighted by Gasteiger charge is -2.59. The average molecular weight is 401 g/mol. The number of carbonyl (C=O) groups is 2. The molecule has 0 aromatic carbocycles. The molecular weight excluding hydrogens is 364 g/mol. The summed E-state index contributed by atoms with van der Waals surface area (Å²) in [6.07, 6.45) is 0.334. The van der Waals surface area contributed by atoms with Crippen LogP contribution in [0.2, 0.25) is 0 Å². The second-order valence-electron chi connectivity index (χ2n) is 9.94. The molecule has 0 radical (unpaired) electrons.